The zero-order chi connectivity index (χ0) is 17.8. The quantitative estimate of drug-likeness (QED) is 0.870. The van der Waals surface area contributed by atoms with Crippen LogP contribution < -0.4 is 10.5 Å². The smallest absolute Gasteiger partial charge is 0.223 e. The number of benzene rings is 2. The molecule has 4 nitrogen and oxygen atoms in total. The van der Waals surface area contributed by atoms with Gasteiger partial charge < -0.3 is 15.4 Å². The van der Waals surface area contributed by atoms with Crippen LogP contribution >= 0.6 is 12.4 Å². The molecule has 1 amide bonds. The molecule has 1 aliphatic heterocycles. The van der Waals surface area contributed by atoms with Gasteiger partial charge in [0, 0.05) is 31.5 Å². The number of amides is 1. The van der Waals surface area contributed by atoms with Gasteiger partial charge in [0.1, 0.15) is 5.75 Å². The molecule has 2 aromatic rings. The van der Waals surface area contributed by atoms with E-state index in [0.29, 0.717) is 19.5 Å². The van der Waals surface area contributed by atoms with Gasteiger partial charge >= 0.3 is 0 Å². The molecular formula is C21H27ClN2O2. The fraction of sp³-hybridized carbons (Fsp3) is 0.381. The summed E-state index contributed by atoms with van der Waals surface area (Å²) in [5.74, 6) is 1.36. The summed E-state index contributed by atoms with van der Waals surface area (Å²) in [5, 5.41) is 0. The molecule has 5 heteroatoms. The third kappa shape index (κ3) is 4.57. The van der Waals surface area contributed by atoms with Crippen molar-refractivity contribution in [2.75, 3.05) is 20.2 Å². The molecule has 26 heavy (non-hydrogen) atoms. The molecule has 1 aliphatic rings. The van der Waals surface area contributed by atoms with Gasteiger partial charge in [0.15, 0.2) is 0 Å². The van der Waals surface area contributed by atoms with Crippen molar-refractivity contribution in [3.05, 3.63) is 65.7 Å². The second kappa shape index (κ2) is 9.06. The lowest BCUT2D eigenvalue weighted by atomic mass is 9.95. The molecule has 140 valence electrons. The number of carbonyl (C=O) groups excluding carboxylic acids is 1. The van der Waals surface area contributed by atoms with Gasteiger partial charge in [-0.2, -0.15) is 0 Å². The van der Waals surface area contributed by atoms with Crippen LogP contribution in [0.25, 0.3) is 0 Å². The number of nitrogens with zero attached hydrogens (tertiary/aromatic N) is 1. The summed E-state index contributed by atoms with van der Waals surface area (Å²) in [7, 11) is 1.66. The lowest BCUT2D eigenvalue weighted by Crippen LogP contribution is -2.32. The van der Waals surface area contributed by atoms with E-state index in [1.54, 1.807) is 7.11 Å². The molecule has 0 bridgehead atoms. The number of hydrogen-bond acceptors (Lipinski definition) is 3. The Morgan fingerprint density at radius 2 is 1.92 bits per heavy atom. The Kier molecular flexibility index (Phi) is 7.06. The minimum absolute atomic E-state index is 0. The van der Waals surface area contributed by atoms with E-state index in [-0.39, 0.29) is 36.2 Å². The molecule has 0 aliphatic carbocycles. The van der Waals surface area contributed by atoms with Gasteiger partial charge in [-0.1, -0.05) is 49.4 Å². The largest absolute Gasteiger partial charge is 0.497 e. The van der Waals surface area contributed by atoms with Crippen LogP contribution in [0.1, 0.15) is 36.3 Å². The molecule has 2 aromatic carbocycles. The standard InChI is InChI=1S/C21H26N2O2.ClH/c1-15(17-9-6-10-18(12-17)25-2)11-21(24)23-13-19(20(22)14-23)16-7-4-3-5-8-16;/h3-10,12,15,19-20H,11,13-14,22H2,1-2H3;1H/t15?,19-,20+;/m0./s1. The van der Waals surface area contributed by atoms with E-state index in [4.69, 9.17) is 10.5 Å². The lowest BCUT2D eigenvalue weighted by molar-refractivity contribution is -0.130. The van der Waals surface area contributed by atoms with Crippen LogP contribution in [0.4, 0.5) is 0 Å². The van der Waals surface area contributed by atoms with Crippen molar-refractivity contribution in [1.82, 2.24) is 4.90 Å². The molecule has 1 fully saturated rings. The van der Waals surface area contributed by atoms with Crippen molar-refractivity contribution in [3.8, 4) is 5.75 Å². The molecular weight excluding hydrogens is 348 g/mol. The van der Waals surface area contributed by atoms with E-state index in [1.165, 1.54) is 5.56 Å². The lowest BCUT2D eigenvalue weighted by Gasteiger charge is -2.19. The summed E-state index contributed by atoms with van der Waals surface area (Å²) in [6, 6.07) is 18.2. The predicted molar refractivity (Wildman–Crippen MR) is 107 cm³/mol. The van der Waals surface area contributed by atoms with Crippen LogP contribution in [-0.2, 0) is 4.79 Å². The van der Waals surface area contributed by atoms with E-state index in [2.05, 4.69) is 19.1 Å². The van der Waals surface area contributed by atoms with Crippen molar-refractivity contribution in [1.29, 1.82) is 0 Å². The number of methoxy groups -OCH3 is 1. The summed E-state index contributed by atoms with van der Waals surface area (Å²) in [4.78, 5) is 14.7. The highest BCUT2D eigenvalue weighted by molar-refractivity contribution is 5.85. The van der Waals surface area contributed by atoms with Crippen molar-refractivity contribution < 1.29 is 9.53 Å². The fourth-order valence-corrected chi connectivity index (χ4v) is 3.54. The van der Waals surface area contributed by atoms with E-state index < -0.39 is 0 Å². The van der Waals surface area contributed by atoms with Gasteiger partial charge in [-0.05, 0) is 29.2 Å². The Balaban J connectivity index is 0.00000243. The second-order valence-electron chi connectivity index (χ2n) is 6.86. The predicted octanol–water partition coefficient (Wildman–Crippen LogP) is 3.56. The molecule has 1 unspecified atom stereocenters. The first-order valence-electron chi connectivity index (χ1n) is 8.80. The highest BCUT2D eigenvalue weighted by Gasteiger charge is 2.34. The minimum atomic E-state index is -0.00141. The third-order valence-corrected chi connectivity index (χ3v) is 5.09. The van der Waals surface area contributed by atoms with Gasteiger partial charge in [0.25, 0.3) is 0 Å². The normalized spacial score (nSPS) is 20.3. The maximum Gasteiger partial charge on any atom is 0.223 e. The Morgan fingerprint density at radius 1 is 1.19 bits per heavy atom. The molecule has 2 N–H and O–H groups in total. The average molecular weight is 375 g/mol. The highest BCUT2D eigenvalue weighted by atomic mass is 35.5. The number of hydrogen-bond donors (Lipinski definition) is 1. The first-order valence-corrected chi connectivity index (χ1v) is 8.80. The first kappa shape index (κ1) is 20.3. The molecule has 0 saturated carbocycles. The minimum Gasteiger partial charge on any atom is -0.497 e. The molecule has 3 atom stereocenters. The Hall–Kier alpha value is -2.04. The molecule has 1 saturated heterocycles. The van der Waals surface area contributed by atoms with E-state index in [9.17, 15) is 4.79 Å². The van der Waals surface area contributed by atoms with Crippen LogP contribution in [0.2, 0.25) is 0 Å². The Morgan fingerprint density at radius 3 is 2.62 bits per heavy atom. The van der Waals surface area contributed by atoms with Gasteiger partial charge in [-0.3, -0.25) is 4.79 Å². The summed E-state index contributed by atoms with van der Waals surface area (Å²) < 4.78 is 5.28. The molecule has 0 radical (unpaired) electrons. The SMILES string of the molecule is COc1cccc(C(C)CC(=O)N2C[C@@H](N)[C@H](c3ccccc3)C2)c1.Cl. The number of likely N-dealkylation sites (tertiary alicyclic amines) is 1. The van der Waals surface area contributed by atoms with Crippen molar-refractivity contribution in [3.63, 3.8) is 0 Å². The third-order valence-electron chi connectivity index (χ3n) is 5.09. The van der Waals surface area contributed by atoms with E-state index in [0.717, 1.165) is 11.3 Å². The molecule has 0 aromatic heterocycles. The molecule has 3 rings (SSSR count). The van der Waals surface area contributed by atoms with Crippen LogP contribution in [0.3, 0.4) is 0 Å². The van der Waals surface area contributed by atoms with Crippen LogP contribution in [0, 0.1) is 0 Å². The van der Waals surface area contributed by atoms with Gasteiger partial charge in [0.2, 0.25) is 5.91 Å². The average Bonchev–Trinajstić information content (AvgIpc) is 3.04. The number of halogens is 1. The summed E-state index contributed by atoms with van der Waals surface area (Å²) >= 11 is 0. The van der Waals surface area contributed by atoms with Crippen molar-refractivity contribution in [2.45, 2.75) is 31.2 Å². The number of ether oxygens (including phenoxy) is 1. The van der Waals surface area contributed by atoms with Crippen LogP contribution in [-0.4, -0.2) is 37.0 Å². The van der Waals surface area contributed by atoms with Gasteiger partial charge in [-0.25, -0.2) is 0 Å². The maximum atomic E-state index is 12.7. The fourth-order valence-electron chi connectivity index (χ4n) is 3.54. The Labute approximate surface area is 161 Å². The summed E-state index contributed by atoms with van der Waals surface area (Å²) in [6.45, 7) is 3.41. The monoisotopic (exact) mass is 374 g/mol. The van der Waals surface area contributed by atoms with Gasteiger partial charge in [0.05, 0.1) is 7.11 Å². The topological polar surface area (TPSA) is 55.6 Å². The van der Waals surface area contributed by atoms with E-state index in [1.807, 2.05) is 47.4 Å². The number of carbonyl (C=O) groups is 1. The maximum absolute atomic E-state index is 12.7. The second-order valence-corrected chi connectivity index (χ2v) is 6.86. The number of rotatable bonds is 5. The first-order chi connectivity index (χ1) is 12.1. The molecule has 1 heterocycles. The zero-order valence-electron chi connectivity index (χ0n) is 15.3. The zero-order valence-corrected chi connectivity index (χ0v) is 16.1. The van der Waals surface area contributed by atoms with Crippen molar-refractivity contribution in [2.24, 2.45) is 5.73 Å². The Bertz CT molecular complexity index is 723. The van der Waals surface area contributed by atoms with E-state index >= 15 is 0 Å². The van der Waals surface area contributed by atoms with Gasteiger partial charge in [-0.15, -0.1) is 12.4 Å². The summed E-state index contributed by atoms with van der Waals surface area (Å²) in [6.07, 6.45) is 0.487. The van der Waals surface area contributed by atoms with Crippen LogP contribution in [0.5, 0.6) is 5.75 Å². The number of nitrogens with two attached hydrogens (primary N) is 1. The highest BCUT2D eigenvalue weighted by Crippen LogP contribution is 2.29. The summed E-state index contributed by atoms with van der Waals surface area (Å²) in [5.41, 5.74) is 8.64. The van der Waals surface area contributed by atoms with Crippen LogP contribution in [0.15, 0.2) is 54.6 Å². The van der Waals surface area contributed by atoms with Crippen molar-refractivity contribution >= 4 is 18.3 Å². The molecule has 0 spiro atoms.